The lowest BCUT2D eigenvalue weighted by atomic mass is 10.1. The van der Waals surface area contributed by atoms with Crippen LogP contribution in [0, 0.1) is 0 Å². The lowest BCUT2D eigenvalue weighted by Gasteiger charge is -2.07. The molecular weight excluding hydrogens is 306 g/mol. The van der Waals surface area contributed by atoms with Crippen LogP contribution >= 0.6 is 0 Å². The number of carbonyl (C=O) groups is 1. The van der Waals surface area contributed by atoms with Crippen molar-refractivity contribution in [2.45, 2.75) is 6.42 Å². The number of para-hydroxylation sites is 1. The monoisotopic (exact) mass is 321 g/mol. The van der Waals surface area contributed by atoms with E-state index in [4.69, 9.17) is 4.42 Å². The molecule has 1 aromatic heterocycles. The standard InChI is InChI=1S/C19H15NO4/c1-2-5-12-6-3-7-13-10-16(19(23)24-17(12)13)18(22)20-14-8-4-9-15(21)11-14/h2-4,6-11,21H,1,5H2,(H,20,22). The summed E-state index contributed by atoms with van der Waals surface area (Å²) >= 11 is 0. The Kier molecular flexibility index (Phi) is 4.16. The first-order valence-electron chi connectivity index (χ1n) is 7.35. The molecule has 2 N–H and O–H groups in total. The van der Waals surface area contributed by atoms with Crippen LogP contribution in [0.3, 0.4) is 0 Å². The third kappa shape index (κ3) is 3.05. The fourth-order valence-corrected chi connectivity index (χ4v) is 2.46. The van der Waals surface area contributed by atoms with E-state index in [1.807, 2.05) is 12.1 Å². The Hall–Kier alpha value is -3.34. The number of amides is 1. The molecule has 0 fully saturated rings. The number of anilines is 1. The first-order chi connectivity index (χ1) is 11.6. The Labute approximate surface area is 137 Å². The molecule has 0 aliphatic carbocycles. The van der Waals surface area contributed by atoms with Gasteiger partial charge in [-0.25, -0.2) is 4.79 Å². The molecule has 0 bridgehead atoms. The number of phenols is 1. The number of hydrogen-bond donors (Lipinski definition) is 2. The van der Waals surface area contributed by atoms with Crippen molar-refractivity contribution in [3.8, 4) is 5.75 Å². The molecule has 3 rings (SSSR count). The Morgan fingerprint density at radius 3 is 2.75 bits per heavy atom. The second-order valence-electron chi connectivity index (χ2n) is 5.28. The molecule has 5 nitrogen and oxygen atoms in total. The summed E-state index contributed by atoms with van der Waals surface area (Å²) in [5.74, 6) is -0.571. The van der Waals surface area contributed by atoms with E-state index in [0.29, 0.717) is 23.1 Å². The minimum Gasteiger partial charge on any atom is -0.508 e. The van der Waals surface area contributed by atoms with Crippen molar-refractivity contribution >= 4 is 22.6 Å². The number of rotatable bonds is 4. The third-order valence-electron chi connectivity index (χ3n) is 3.55. The van der Waals surface area contributed by atoms with Crippen molar-refractivity contribution < 1.29 is 14.3 Å². The van der Waals surface area contributed by atoms with E-state index in [0.717, 1.165) is 5.56 Å². The molecule has 24 heavy (non-hydrogen) atoms. The van der Waals surface area contributed by atoms with Gasteiger partial charge in [-0.2, -0.15) is 0 Å². The zero-order valence-electron chi connectivity index (χ0n) is 12.8. The van der Waals surface area contributed by atoms with Gasteiger partial charge in [-0.05, 0) is 30.2 Å². The molecule has 5 heteroatoms. The Morgan fingerprint density at radius 1 is 1.21 bits per heavy atom. The molecule has 0 unspecified atom stereocenters. The first-order valence-corrected chi connectivity index (χ1v) is 7.35. The van der Waals surface area contributed by atoms with Gasteiger partial charge in [0, 0.05) is 17.1 Å². The third-order valence-corrected chi connectivity index (χ3v) is 3.55. The molecule has 3 aromatic rings. The van der Waals surface area contributed by atoms with Gasteiger partial charge in [-0.1, -0.05) is 30.3 Å². The lowest BCUT2D eigenvalue weighted by Crippen LogP contribution is -2.20. The van der Waals surface area contributed by atoms with Gasteiger partial charge in [-0.15, -0.1) is 6.58 Å². The Bertz CT molecular complexity index is 988. The summed E-state index contributed by atoms with van der Waals surface area (Å²) < 4.78 is 5.35. The summed E-state index contributed by atoms with van der Waals surface area (Å²) in [6.45, 7) is 3.68. The van der Waals surface area contributed by atoms with E-state index >= 15 is 0 Å². The number of hydrogen-bond acceptors (Lipinski definition) is 4. The van der Waals surface area contributed by atoms with Gasteiger partial charge in [0.1, 0.15) is 16.9 Å². The van der Waals surface area contributed by atoms with Crippen LogP contribution in [0.15, 0.2) is 70.4 Å². The van der Waals surface area contributed by atoms with Crippen molar-refractivity contribution in [1.29, 1.82) is 0 Å². The van der Waals surface area contributed by atoms with Crippen molar-refractivity contribution in [2.24, 2.45) is 0 Å². The summed E-state index contributed by atoms with van der Waals surface area (Å²) in [5, 5.41) is 12.7. The van der Waals surface area contributed by atoms with Crippen LogP contribution in [0.2, 0.25) is 0 Å². The Balaban J connectivity index is 2.00. The van der Waals surface area contributed by atoms with Crippen LogP contribution in [0.25, 0.3) is 11.0 Å². The summed E-state index contributed by atoms with van der Waals surface area (Å²) in [7, 11) is 0. The topological polar surface area (TPSA) is 79.5 Å². The second-order valence-corrected chi connectivity index (χ2v) is 5.28. The van der Waals surface area contributed by atoms with Crippen molar-refractivity contribution in [3.05, 3.63) is 82.7 Å². The van der Waals surface area contributed by atoms with Crippen LogP contribution in [-0.4, -0.2) is 11.0 Å². The van der Waals surface area contributed by atoms with E-state index in [2.05, 4.69) is 11.9 Å². The molecular formula is C19H15NO4. The number of benzene rings is 2. The van der Waals surface area contributed by atoms with Gasteiger partial charge in [0.25, 0.3) is 5.91 Å². The maximum atomic E-state index is 12.3. The second kappa shape index (κ2) is 6.42. The number of carbonyl (C=O) groups excluding carboxylic acids is 1. The van der Waals surface area contributed by atoms with E-state index in [9.17, 15) is 14.7 Å². The summed E-state index contributed by atoms with van der Waals surface area (Å²) in [6.07, 6.45) is 2.28. The van der Waals surface area contributed by atoms with Crippen LogP contribution in [0.5, 0.6) is 5.75 Å². The van der Waals surface area contributed by atoms with Crippen LogP contribution in [0.1, 0.15) is 15.9 Å². The zero-order valence-corrected chi connectivity index (χ0v) is 12.8. The highest BCUT2D eigenvalue weighted by Gasteiger charge is 2.15. The fourth-order valence-electron chi connectivity index (χ4n) is 2.46. The van der Waals surface area contributed by atoms with Gasteiger partial charge in [-0.3, -0.25) is 4.79 Å². The Morgan fingerprint density at radius 2 is 2.00 bits per heavy atom. The van der Waals surface area contributed by atoms with Gasteiger partial charge in [0.05, 0.1) is 0 Å². The normalized spacial score (nSPS) is 10.5. The number of allylic oxidation sites excluding steroid dienone is 1. The van der Waals surface area contributed by atoms with Crippen LogP contribution in [-0.2, 0) is 6.42 Å². The predicted molar refractivity (Wildman–Crippen MR) is 92.4 cm³/mol. The number of phenolic OH excluding ortho intramolecular Hbond substituents is 1. The molecule has 0 aliphatic heterocycles. The molecule has 1 amide bonds. The highest BCUT2D eigenvalue weighted by Crippen LogP contribution is 2.20. The van der Waals surface area contributed by atoms with Crippen molar-refractivity contribution in [1.82, 2.24) is 0 Å². The van der Waals surface area contributed by atoms with Gasteiger partial charge >= 0.3 is 5.63 Å². The summed E-state index contributed by atoms with van der Waals surface area (Å²) in [4.78, 5) is 24.5. The minimum atomic E-state index is -0.711. The molecule has 0 saturated carbocycles. The smallest absolute Gasteiger partial charge is 0.349 e. The van der Waals surface area contributed by atoms with Gasteiger partial charge in [0.15, 0.2) is 0 Å². The zero-order chi connectivity index (χ0) is 17.1. The molecule has 2 aromatic carbocycles. The molecule has 0 atom stereocenters. The molecule has 120 valence electrons. The molecule has 0 spiro atoms. The number of fused-ring (bicyclic) bond motifs is 1. The maximum Gasteiger partial charge on any atom is 0.349 e. The van der Waals surface area contributed by atoms with E-state index in [-0.39, 0.29) is 11.3 Å². The van der Waals surface area contributed by atoms with E-state index in [1.54, 1.807) is 24.3 Å². The average molecular weight is 321 g/mol. The van der Waals surface area contributed by atoms with Gasteiger partial charge < -0.3 is 14.8 Å². The van der Waals surface area contributed by atoms with E-state index < -0.39 is 11.5 Å². The first kappa shape index (κ1) is 15.6. The number of aromatic hydroxyl groups is 1. The minimum absolute atomic E-state index is 0.0208. The molecule has 0 radical (unpaired) electrons. The summed E-state index contributed by atoms with van der Waals surface area (Å²) in [6, 6.07) is 13.0. The molecule has 1 heterocycles. The quantitative estimate of drug-likeness (QED) is 0.569. The average Bonchev–Trinajstić information content (AvgIpc) is 2.55. The lowest BCUT2D eigenvalue weighted by molar-refractivity contribution is 0.102. The highest BCUT2D eigenvalue weighted by molar-refractivity contribution is 6.05. The SMILES string of the molecule is C=CCc1cccc2cc(C(=O)Nc3cccc(O)c3)c(=O)oc12. The maximum absolute atomic E-state index is 12.3. The van der Waals surface area contributed by atoms with E-state index in [1.165, 1.54) is 18.2 Å². The van der Waals surface area contributed by atoms with Crippen LogP contribution in [0.4, 0.5) is 5.69 Å². The van der Waals surface area contributed by atoms with Crippen LogP contribution < -0.4 is 10.9 Å². The fraction of sp³-hybridized carbons (Fsp3) is 0.0526. The predicted octanol–water partition coefficient (Wildman–Crippen LogP) is 3.48. The number of nitrogens with one attached hydrogen (secondary N) is 1. The highest BCUT2D eigenvalue weighted by atomic mass is 16.4. The van der Waals surface area contributed by atoms with Crippen molar-refractivity contribution in [3.63, 3.8) is 0 Å². The molecule has 0 saturated heterocycles. The largest absolute Gasteiger partial charge is 0.508 e. The van der Waals surface area contributed by atoms with Gasteiger partial charge in [0.2, 0.25) is 0 Å². The van der Waals surface area contributed by atoms with Crippen molar-refractivity contribution in [2.75, 3.05) is 5.32 Å². The summed E-state index contributed by atoms with van der Waals surface area (Å²) in [5.41, 5.74) is 0.869. The molecule has 0 aliphatic rings.